The van der Waals surface area contributed by atoms with Crippen molar-refractivity contribution < 1.29 is 5.11 Å². The molecule has 1 aromatic heterocycles. The summed E-state index contributed by atoms with van der Waals surface area (Å²) in [5.74, 6) is 0.269. The van der Waals surface area contributed by atoms with Gasteiger partial charge in [-0.3, -0.25) is 4.98 Å². The van der Waals surface area contributed by atoms with E-state index in [9.17, 15) is 5.11 Å². The number of aromatic hydroxyl groups is 1. The highest BCUT2D eigenvalue weighted by atomic mass is 16.3. The second kappa shape index (κ2) is 5.21. The maximum atomic E-state index is 9.48. The topological polar surface area (TPSA) is 45.1 Å². The number of fused-ring (bicyclic) bond motifs is 1. The summed E-state index contributed by atoms with van der Waals surface area (Å²) < 4.78 is 0. The predicted molar refractivity (Wildman–Crippen MR) is 81.9 cm³/mol. The minimum absolute atomic E-state index is 0.269. The molecule has 0 saturated heterocycles. The molecule has 3 nitrogen and oxygen atoms in total. The van der Waals surface area contributed by atoms with E-state index in [1.54, 1.807) is 12.1 Å². The Labute approximate surface area is 117 Å². The fraction of sp³-hybridized carbons (Fsp3) is 0.118. The lowest BCUT2D eigenvalue weighted by molar-refractivity contribution is 0.475. The summed E-state index contributed by atoms with van der Waals surface area (Å²) >= 11 is 0. The van der Waals surface area contributed by atoms with Gasteiger partial charge in [-0.15, -0.1) is 0 Å². The van der Waals surface area contributed by atoms with Crippen molar-refractivity contribution in [3.8, 4) is 5.75 Å². The molecule has 0 aliphatic carbocycles. The molecule has 1 heterocycles. The molecule has 3 aromatic rings. The largest absolute Gasteiger partial charge is 0.508 e. The first-order valence-corrected chi connectivity index (χ1v) is 6.60. The summed E-state index contributed by atoms with van der Waals surface area (Å²) in [7, 11) is 0. The Bertz CT molecular complexity index is 753. The molecule has 0 spiro atoms. The van der Waals surface area contributed by atoms with Crippen LogP contribution in [0.1, 0.15) is 11.3 Å². The second-order valence-corrected chi connectivity index (χ2v) is 4.84. The lowest BCUT2D eigenvalue weighted by Crippen LogP contribution is -2.01. The van der Waals surface area contributed by atoms with Gasteiger partial charge < -0.3 is 10.4 Å². The maximum Gasteiger partial charge on any atom is 0.117 e. The Hall–Kier alpha value is -2.55. The van der Waals surface area contributed by atoms with Crippen molar-refractivity contribution in [2.24, 2.45) is 0 Å². The van der Waals surface area contributed by atoms with Crippen molar-refractivity contribution >= 4 is 16.6 Å². The van der Waals surface area contributed by atoms with Gasteiger partial charge in [-0.25, -0.2) is 0 Å². The third-order valence-electron chi connectivity index (χ3n) is 3.26. The van der Waals surface area contributed by atoms with E-state index < -0.39 is 0 Å². The molecule has 3 rings (SSSR count). The lowest BCUT2D eigenvalue weighted by atomic mass is 10.1. The number of para-hydroxylation sites is 1. The molecule has 0 fully saturated rings. The predicted octanol–water partition coefficient (Wildman–Crippen LogP) is 3.86. The van der Waals surface area contributed by atoms with Crippen molar-refractivity contribution in [1.82, 2.24) is 4.98 Å². The van der Waals surface area contributed by atoms with Gasteiger partial charge >= 0.3 is 0 Å². The number of rotatable bonds is 3. The number of hydrogen-bond acceptors (Lipinski definition) is 3. The average Bonchev–Trinajstić information content (AvgIpc) is 2.44. The molecule has 0 unspecified atom stereocenters. The van der Waals surface area contributed by atoms with Crippen LogP contribution in [0.5, 0.6) is 5.75 Å². The number of anilines is 1. The van der Waals surface area contributed by atoms with Crippen LogP contribution in [-0.4, -0.2) is 10.1 Å². The Morgan fingerprint density at radius 3 is 2.75 bits per heavy atom. The van der Waals surface area contributed by atoms with E-state index in [1.807, 2.05) is 37.3 Å². The highest BCUT2D eigenvalue weighted by Gasteiger charge is 2.03. The summed E-state index contributed by atoms with van der Waals surface area (Å²) in [6, 6.07) is 17.4. The zero-order valence-corrected chi connectivity index (χ0v) is 11.3. The zero-order valence-electron chi connectivity index (χ0n) is 11.3. The van der Waals surface area contributed by atoms with Crippen molar-refractivity contribution in [1.29, 1.82) is 0 Å². The van der Waals surface area contributed by atoms with Crippen LogP contribution in [0.15, 0.2) is 54.6 Å². The quantitative estimate of drug-likeness (QED) is 0.755. The van der Waals surface area contributed by atoms with Gasteiger partial charge in [0.25, 0.3) is 0 Å². The average molecular weight is 264 g/mol. The monoisotopic (exact) mass is 264 g/mol. The second-order valence-electron chi connectivity index (χ2n) is 4.84. The Kier molecular flexibility index (Phi) is 3.25. The van der Waals surface area contributed by atoms with E-state index >= 15 is 0 Å². The van der Waals surface area contributed by atoms with E-state index in [2.05, 4.69) is 22.4 Å². The smallest absolute Gasteiger partial charge is 0.117 e. The van der Waals surface area contributed by atoms with Crippen LogP contribution < -0.4 is 5.32 Å². The molecule has 3 heteroatoms. The highest BCUT2D eigenvalue weighted by Crippen LogP contribution is 2.21. The number of pyridine rings is 1. The van der Waals surface area contributed by atoms with Crippen LogP contribution in [0.25, 0.3) is 10.9 Å². The normalized spacial score (nSPS) is 10.7. The van der Waals surface area contributed by atoms with Crippen LogP contribution in [0.2, 0.25) is 0 Å². The van der Waals surface area contributed by atoms with Crippen LogP contribution in [0.3, 0.4) is 0 Å². The van der Waals surface area contributed by atoms with Gasteiger partial charge in [0, 0.05) is 29.4 Å². The molecule has 0 aliphatic rings. The molecule has 20 heavy (non-hydrogen) atoms. The van der Waals surface area contributed by atoms with E-state index in [4.69, 9.17) is 0 Å². The van der Waals surface area contributed by atoms with Crippen molar-refractivity contribution in [3.05, 3.63) is 65.9 Å². The molecule has 0 aliphatic heterocycles. The van der Waals surface area contributed by atoms with Gasteiger partial charge in [0.15, 0.2) is 0 Å². The van der Waals surface area contributed by atoms with Crippen LogP contribution in [-0.2, 0) is 6.54 Å². The lowest BCUT2D eigenvalue weighted by Gasteiger charge is -2.10. The number of phenolic OH excluding ortho intramolecular Hbond substituents is 1. The van der Waals surface area contributed by atoms with Gasteiger partial charge in [0.1, 0.15) is 5.75 Å². The van der Waals surface area contributed by atoms with Crippen molar-refractivity contribution in [2.45, 2.75) is 13.5 Å². The van der Waals surface area contributed by atoms with Gasteiger partial charge in [-0.05, 0) is 36.8 Å². The van der Waals surface area contributed by atoms with E-state index in [0.29, 0.717) is 6.54 Å². The molecule has 2 aromatic carbocycles. The summed E-state index contributed by atoms with van der Waals surface area (Å²) in [4.78, 5) is 4.54. The Morgan fingerprint density at radius 1 is 1.05 bits per heavy atom. The highest BCUT2D eigenvalue weighted by molar-refractivity contribution is 5.82. The third-order valence-corrected chi connectivity index (χ3v) is 3.26. The molecule has 0 amide bonds. The molecule has 100 valence electrons. The number of aromatic nitrogens is 1. The summed E-state index contributed by atoms with van der Waals surface area (Å²) in [5, 5.41) is 14.0. The molecule has 0 saturated carbocycles. The summed E-state index contributed by atoms with van der Waals surface area (Å²) in [6.45, 7) is 2.71. The number of nitrogens with zero attached hydrogens (tertiary/aromatic N) is 1. The Balaban J connectivity index is 1.91. The molecule has 0 bridgehead atoms. The first-order chi connectivity index (χ1) is 9.72. The Morgan fingerprint density at radius 2 is 1.90 bits per heavy atom. The SMILES string of the molecule is Cc1cc(CNc2cccc(O)c2)c2ccccc2n1. The fourth-order valence-corrected chi connectivity index (χ4v) is 2.35. The summed E-state index contributed by atoms with van der Waals surface area (Å²) in [6.07, 6.45) is 0. The van der Waals surface area contributed by atoms with Crippen molar-refractivity contribution in [3.63, 3.8) is 0 Å². The van der Waals surface area contributed by atoms with Gasteiger partial charge in [-0.1, -0.05) is 24.3 Å². The third kappa shape index (κ3) is 2.57. The number of nitrogens with one attached hydrogen (secondary N) is 1. The molecule has 0 radical (unpaired) electrons. The molecular weight excluding hydrogens is 248 g/mol. The summed E-state index contributed by atoms with van der Waals surface area (Å²) in [5.41, 5.74) is 4.14. The van der Waals surface area contributed by atoms with Crippen LogP contribution in [0, 0.1) is 6.92 Å². The maximum absolute atomic E-state index is 9.48. The molecule has 2 N–H and O–H groups in total. The minimum atomic E-state index is 0.269. The van der Waals surface area contributed by atoms with E-state index in [0.717, 1.165) is 22.3 Å². The minimum Gasteiger partial charge on any atom is -0.508 e. The molecule has 0 atom stereocenters. The fourth-order valence-electron chi connectivity index (χ4n) is 2.35. The number of aryl methyl sites for hydroxylation is 1. The number of benzene rings is 2. The number of phenols is 1. The van der Waals surface area contributed by atoms with Crippen LogP contribution >= 0.6 is 0 Å². The van der Waals surface area contributed by atoms with Gasteiger partial charge in [0.2, 0.25) is 0 Å². The zero-order chi connectivity index (χ0) is 13.9. The van der Waals surface area contributed by atoms with Gasteiger partial charge in [0.05, 0.1) is 5.52 Å². The van der Waals surface area contributed by atoms with Gasteiger partial charge in [-0.2, -0.15) is 0 Å². The van der Waals surface area contributed by atoms with E-state index in [-0.39, 0.29) is 5.75 Å². The molecular formula is C17H16N2O. The number of hydrogen-bond donors (Lipinski definition) is 2. The first kappa shape index (κ1) is 12.5. The first-order valence-electron chi connectivity index (χ1n) is 6.60. The van der Waals surface area contributed by atoms with Crippen LogP contribution in [0.4, 0.5) is 5.69 Å². The van der Waals surface area contributed by atoms with E-state index in [1.165, 1.54) is 5.56 Å². The van der Waals surface area contributed by atoms with Crippen molar-refractivity contribution in [2.75, 3.05) is 5.32 Å². The standard InChI is InChI=1S/C17H16N2O/c1-12-9-13(16-7-2-3-8-17(16)19-12)11-18-14-5-4-6-15(20)10-14/h2-10,18,20H,11H2,1H3.